The topological polar surface area (TPSA) is 147 Å². The number of pyridine rings is 1. The van der Waals surface area contributed by atoms with Gasteiger partial charge in [0.2, 0.25) is 6.41 Å². The molecule has 10 nitrogen and oxygen atoms in total. The lowest BCUT2D eigenvalue weighted by Crippen LogP contribution is -2.39. The Morgan fingerprint density at radius 1 is 1.37 bits per heavy atom. The fourth-order valence-electron chi connectivity index (χ4n) is 2.66. The van der Waals surface area contributed by atoms with Crippen molar-refractivity contribution in [2.24, 2.45) is 0 Å². The maximum atomic E-state index is 12.6. The number of nitrogens with zero attached hydrogens (tertiary/aromatic N) is 3. The van der Waals surface area contributed by atoms with Crippen LogP contribution < -0.4 is 5.49 Å². The molecule has 1 heterocycles. The molecule has 0 fully saturated rings. The molecule has 0 spiro atoms. The van der Waals surface area contributed by atoms with Crippen molar-refractivity contribution in [3.05, 3.63) is 45.4 Å². The van der Waals surface area contributed by atoms with E-state index in [0.717, 1.165) is 6.42 Å². The lowest BCUT2D eigenvalue weighted by atomic mass is 10.1. The van der Waals surface area contributed by atoms with Gasteiger partial charge in [0.15, 0.2) is 0 Å². The van der Waals surface area contributed by atoms with Crippen LogP contribution in [0.15, 0.2) is 24.3 Å². The van der Waals surface area contributed by atoms with Gasteiger partial charge in [-0.15, -0.1) is 0 Å². The van der Waals surface area contributed by atoms with Gasteiger partial charge >= 0.3 is 5.97 Å². The minimum Gasteiger partial charge on any atom is -0.480 e. The van der Waals surface area contributed by atoms with Crippen molar-refractivity contribution in [1.82, 2.24) is 9.47 Å². The van der Waals surface area contributed by atoms with Crippen molar-refractivity contribution in [3.8, 4) is 0 Å². The number of nitro benzene ring substituents is 1. The average Bonchev–Trinajstić information content (AvgIpc) is 2.63. The normalized spacial score (nSPS) is 10.6. The Labute approximate surface area is 153 Å². The van der Waals surface area contributed by atoms with Gasteiger partial charge in [-0.2, -0.15) is 0 Å². The van der Waals surface area contributed by atoms with Crippen LogP contribution in [0.4, 0.5) is 5.69 Å². The van der Waals surface area contributed by atoms with Gasteiger partial charge in [-0.05, 0) is 23.9 Å². The summed E-state index contributed by atoms with van der Waals surface area (Å²) in [4.78, 5) is 45.5. The van der Waals surface area contributed by atoms with Crippen molar-refractivity contribution in [3.63, 3.8) is 0 Å². The van der Waals surface area contributed by atoms with E-state index in [2.05, 4.69) is 0 Å². The van der Waals surface area contributed by atoms with Gasteiger partial charge < -0.3 is 9.67 Å². The predicted octanol–water partition coefficient (Wildman–Crippen LogP) is 1.51. The number of fused-ring (bicyclic) bond motifs is 1. The molecule has 0 unspecified atom stereocenters. The van der Waals surface area contributed by atoms with E-state index < -0.39 is 23.3 Å². The Bertz CT molecular complexity index is 981. The lowest BCUT2D eigenvalue weighted by Gasteiger charge is -2.17. The fraction of sp³-hybridized carbons (Fsp3) is 0.294. The summed E-state index contributed by atoms with van der Waals surface area (Å²) in [5, 5.41) is 28.7. The Kier molecular flexibility index (Phi) is 6.01. The number of rotatable bonds is 8. The van der Waals surface area contributed by atoms with Crippen molar-refractivity contribution in [2.75, 3.05) is 6.54 Å². The molecule has 0 radical (unpaired) electrons. The number of aromatic nitrogens is 1. The van der Waals surface area contributed by atoms with E-state index in [9.17, 15) is 24.5 Å². The molecule has 10 heteroatoms. The largest absolute Gasteiger partial charge is 0.480 e. The minimum atomic E-state index is -1.36. The molecule has 1 aromatic heterocycles. The number of aryl methyl sites for hydroxylation is 1. The van der Waals surface area contributed by atoms with Gasteiger partial charge in [0, 0.05) is 18.7 Å². The zero-order chi connectivity index (χ0) is 20.1. The molecule has 0 aliphatic heterocycles. The van der Waals surface area contributed by atoms with Crippen molar-refractivity contribution in [2.45, 2.75) is 26.3 Å². The highest BCUT2D eigenvalue weighted by atomic mass is 16.6. The minimum absolute atomic E-state index is 0.103. The van der Waals surface area contributed by atoms with Crippen LogP contribution >= 0.6 is 0 Å². The summed E-state index contributed by atoms with van der Waals surface area (Å²) in [5.41, 5.74) is -0.124. The lowest BCUT2D eigenvalue weighted by molar-refractivity contribution is -0.384. The SMILES string of the molecule is CCCCn1c(=N)c(C(=O)N(C=O)CC(=O)O)cc2ccc([N+](=O)[O-])cc21. The number of carboxylic acids is 1. The number of non-ortho nitro benzene ring substituents is 1. The Balaban J connectivity index is 2.69. The number of carbonyl (C=O) groups excluding carboxylic acids is 2. The molecule has 0 saturated carbocycles. The first-order valence-corrected chi connectivity index (χ1v) is 8.14. The van der Waals surface area contributed by atoms with Crippen LogP contribution in [-0.4, -0.2) is 44.3 Å². The van der Waals surface area contributed by atoms with Crippen LogP contribution in [0, 0.1) is 15.5 Å². The standard InChI is InChI=1S/C17H18N4O6/c1-2-3-6-20-14-8-12(21(26)27)5-4-11(14)7-13(16(20)18)17(25)19(10-22)9-15(23)24/h4-5,7-8,10,18H,2-3,6,9H2,1H3,(H,23,24). The summed E-state index contributed by atoms with van der Waals surface area (Å²) in [6, 6.07) is 5.39. The van der Waals surface area contributed by atoms with E-state index >= 15 is 0 Å². The average molecular weight is 374 g/mol. The number of amides is 2. The van der Waals surface area contributed by atoms with Gasteiger partial charge in [0.1, 0.15) is 12.0 Å². The van der Waals surface area contributed by atoms with E-state index in [1.165, 1.54) is 28.8 Å². The van der Waals surface area contributed by atoms with Gasteiger partial charge in [-0.3, -0.25) is 34.8 Å². The Morgan fingerprint density at radius 2 is 2.07 bits per heavy atom. The van der Waals surface area contributed by atoms with Crippen molar-refractivity contribution >= 4 is 34.9 Å². The summed E-state index contributed by atoms with van der Waals surface area (Å²) >= 11 is 0. The molecule has 142 valence electrons. The van der Waals surface area contributed by atoms with Crippen molar-refractivity contribution in [1.29, 1.82) is 5.41 Å². The molecule has 0 aliphatic rings. The number of benzene rings is 1. The van der Waals surface area contributed by atoms with Crippen LogP contribution in [0.5, 0.6) is 0 Å². The Morgan fingerprint density at radius 3 is 2.63 bits per heavy atom. The quantitative estimate of drug-likeness (QED) is 0.407. The van der Waals surface area contributed by atoms with Crippen LogP contribution in [0.2, 0.25) is 0 Å². The molecule has 0 atom stereocenters. The first-order chi connectivity index (χ1) is 12.8. The first-order valence-electron chi connectivity index (χ1n) is 8.14. The fourth-order valence-corrected chi connectivity index (χ4v) is 2.66. The highest BCUT2D eigenvalue weighted by Crippen LogP contribution is 2.21. The third kappa shape index (κ3) is 4.17. The number of hydrogen-bond donors (Lipinski definition) is 2. The smallest absolute Gasteiger partial charge is 0.323 e. The van der Waals surface area contributed by atoms with Gasteiger partial charge in [-0.25, -0.2) is 0 Å². The van der Waals surface area contributed by atoms with E-state index in [1.807, 2.05) is 6.92 Å². The van der Waals surface area contributed by atoms with Gasteiger partial charge in [0.05, 0.1) is 16.0 Å². The molecule has 0 aliphatic carbocycles. The van der Waals surface area contributed by atoms with E-state index in [1.54, 1.807) is 0 Å². The summed E-state index contributed by atoms with van der Waals surface area (Å²) in [7, 11) is 0. The molecule has 27 heavy (non-hydrogen) atoms. The van der Waals surface area contributed by atoms with Crippen LogP contribution in [0.1, 0.15) is 30.1 Å². The molecular weight excluding hydrogens is 356 g/mol. The van der Waals surface area contributed by atoms with Gasteiger partial charge in [0.25, 0.3) is 11.6 Å². The predicted molar refractivity (Wildman–Crippen MR) is 94.1 cm³/mol. The summed E-state index contributed by atoms with van der Waals surface area (Å²) in [5.74, 6) is -2.28. The van der Waals surface area contributed by atoms with E-state index in [-0.39, 0.29) is 23.1 Å². The zero-order valence-corrected chi connectivity index (χ0v) is 14.5. The molecule has 0 bridgehead atoms. The number of carbonyl (C=O) groups is 3. The second-order valence-electron chi connectivity index (χ2n) is 5.84. The number of carboxylic acid groups (broad SMARTS) is 1. The third-order valence-electron chi connectivity index (χ3n) is 4.00. The second-order valence-corrected chi connectivity index (χ2v) is 5.84. The highest BCUT2D eigenvalue weighted by molar-refractivity contribution is 6.03. The molecule has 2 rings (SSSR count). The number of imide groups is 1. The van der Waals surface area contributed by atoms with Crippen LogP contribution in [-0.2, 0) is 16.1 Å². The summed E-state index contributed by atoms with van der Waals surface area (Å²) in [6.45, 7) is 1.45. The zero-order valence-electron chi connectivity index (χ0n) is 14.5. The number of hydrogen-bond acceptors (Lipinski definition) is 6. The Hall–Kier alpha value is -3.56. The number of nitro groups is 1. The summed E-state index contributed by atoms with van der Waals surface area (Å²) < 4.78 is 1.46. The van der Waals surface area contributed by atoms with Crippen LogP contribution in [0.25, 0.3) is 10.9 Å². The molecule has 2 amide bonds. The third-order valence-corrected chi connectivity index (χ3v) is 4.00. The van der Waals surface area contributed by atoms with Crippen molar-refractivity contribution < 1.29 is 24.4 Å². The number of nitrogens with one attached hydrogen (secondary N) is 1. The maximum absolute atomic E-state index is 12.6. The van der Waals surface area contributed by atoms with Gasteiger partial charge in [-0.1, -0.05) is 13.3 Å². The highest BCUT2D eigenvalue weighted by Gasteiger charge is 2.22. The monoisotopic (exact) mass is 374 g/mol. The molecule has 2 aromatic rings. The molecular formula is C17H18N4O6. The number of unbranched alkanes of at least 4 members (excludes halogenated alkanes) is 1. The summed E-state index contributed by atoms with van der Waals surface area (Å²) in [6.07, 6.45) is 1.56. The van der Waals surface area contributed by atoms with E-state index in [4.69, 9.17) is 10.5 Å². The molecule has 0 saturated heterocycles. The molecule has 2 N–H and O–H groups in total. The maximum Gasteiger partial charge on any atom is 0.323 e. The van der Waals surface area contributed by atoms with E-state index in [0.29, 0.717) is 28.8 Å². The molecule has 1 aromatic carbocycles. The first kappa shape index (κ1) is 19.8. The van der Waals surface area contributed by atoms with Crippen LogP contribution in [0.3, 0.4) is 0 Å². The number of aliphatic carboxylic acids is 1. The second kappa shape index (κ2) is 8.21.